The van der Waals surface area contributed by atoms with Gasteiger partial charge in [-0.15, -0.1) is 0 Å². The fourth-order valence-corrected chi connectivity index (χ4v) is 3.17. The first-order valence-corrected chi connectivity index (χ1v) is 9.28. The summed E-state index contributed by atoms with van der Waals surface area (Å²) in [7, 11) is 2.76. The molecule has 1 fully saturated rings. The number of imide groups is 1. The van der Waals surface area contributed by atoms with Gasteiger partial charge in [-0.1, -0.05) is 26.0 Å². The Morgan fingerprint density at radius 3 is 2.31 bits per heavy atom. The van der Waals surface area contributed by atoms with Gasteiger partial charge in [0.05, 0.1) is 14.2 Å². The predicted octanol–water partition coefficient (Wildman–Crippen LogP) is 1.17. The topological polar surface area (TPSA) is 114 Å². The Morgan fingerprint density at radius 2 is 1.79 bits per heavy atom. The molecule has 1 aliphatic heterocycles. The molecule has 0 aliphatic carbocycles. The van der Waals surface area contributed by atoms with Crippen LogP contribution in [0.1, 0.15) is 32.8 Å². The molecular weight excluding hydrogens is 378 g/mol. The van der Waals surface area contributed by atoms with Crippen molar-refractivity contribution in [2.75, 3.05) is 20.8 Å². The molecule has 2 atom stereocenters. The van der Waals surface area contributed by atoms with E-state index in [4.69, 9.17) is 9.47 Å². The van der Waals surface area contributed by atoms with Crippen molar-refractivity contribution in [3.63, 3.8) is 0 Å². The van der Waals surface area contributed by atoms with Crippen LogP contribution in [0.4, 0.5) is 4.79 Å². The van der Waals surface area contributed by atoms with Gasteiger partial charge in [0, 0.05) is 0 Å². The Hall–Kier alpha value is -3.10. The molecule has 1 saturated heterocycles. The van der Waals surface area contributed by atoms with Crippen LogP contribution < -0.4 is 15.4 Å². The number of carbonyl (C=O) groups is 4. The number of carbonyl (C=O) groups excluding carboxylic acids is 4. The average Bonchev–Trinajstić information content (AvgIpc) is 2.90. The maximum absolute atomic E-state index is 12.9. The van der Waals surface area contributed by atoms with Crippen molar-refractivity contribution >= 4 is 23.8 Å². The molecule has 0 radical (unpaired) electrons. The molecule has 9 heteroatoms. The van der Waals surface area contributed by atoms with Gasteiger partial charge in [0.15, 0.2) is 0 Å². The van der Waals surface area contributed by atoms with Crippen LogP contribution in [0.2, 0.25) is 0 Å². The van der Waals surface area contributed by atoms with Gasteiger partial charge in [-0.05, 0) is 37.0 Å². The van der Waals surface area contributed by atoms with Crippen molar-refractivity contribution in [3.8, 4) is 5.75 Å². The van der Waals surface area contributed by atoms with Gasteiger partial charge in [0.25, 0.3) is 5.91 Å². The number of esters is 1. The minimum atomic E-state index is -1.30. The minimum Gasteiger partial charge on any atom is -0.497 e. The number of amides is 4. The molecule has 158 valence electrons. The van der Waals surface area contributed by atoms with Crippen LogP contribution in [0, 0.1) is 5.92 Å². The van der Waals surface area contributed by atoms with Crippen LogP contribution in [0.5, 0.6) is 5.75 Å². The largest absolute Gasteiger partial charge is 0.497 e. The second-order valence-corrected chi connectivity index (χ2v) is 7.45. The zero-order valence-corrected chi connectivity index (χ0v) is 17.3. The molecule has 2 N–H and O–H groups in total. The first kappa shape index (κ1) is 22.2. The summed E-state index contributed by atoms with van der Waals surface area (Å²) in [4.78, 5) is 50.4. The number of hydrogen-bond donors (Lipinski definition) is 2. The highest BCUT2D eigenvalue weighted by molar-refractivity contribution is 6.09. The fourth-order valence-electron chi connectivity index (χ4n) is 3.17. The fraction of sp³-hybridized carbons (Fsp3) is 0.500. The summed E-state index contributed by atoms with van der Waals surface area (Å²) < 4.78 is 9.82. The lowest BCUT2D eigenvalue weighted by atomic mass is 9.92. The molecule has 9 nitrogen and oxygen atoms in total. The molecule has 29 heavy (non-hydrogen) atoms. The van der Waals surface area contributed by atoms with E-state index in [1.165, 1.54) is 14.2 Å². The number of ether oxygens (including phenoxy) is 2. The van der Waals surface area contributed by atoms with E-state index in [0.717, 1.165) is 4.90 Å². The smallest absolute Gasteiger partial charge is 0.328 e. The van der Waals surface area contributed by atoms with E-state index in [1.807, 2.05) is 13.8 Å². The Morgan fingerprint density at radius 1 is 1.17 bits per heavy atom. The molecule has 1 aromatic rings. The number of hydrogen-bond acceptors (Lipinski definition) is 6. The van der Waals surface area contributed by atoms with Crippen molar-refractivity contribution in [2.24, 2.45) is 5.92 Å². The minimum absolute atomic E-state index is 0.134. The molecule has 2 rings (SSSR count). The number of urea groups is 1. The van der Waals surface area contributed by atoms with E-state index in [9.17, 15) is 19.2 Å². The van der Waals surface area contributed by atoms with E-state index < -0.39 is 41.9 Å². The lowest BCUT2D eigenvalue weighted by Gasteiger charge is -2.23. The van der Waals surface area contributed by atoms with Crippen LogP contribution in [0.15, 0.2) is 24.3 Å². The summed E-state index contributed by atoms with van der Waals surface area (Å²) in [5.41, 5.74) is -0.740. The second kappa shape index (κ2) is 8.93. The standard InChI is InChI=1S/C20H27N3O6/c1-12(2)10-15(17(25)29-5)21-16(24)11-23-18(26)20(3,22-19(23)27)13-6-8-14(28-4)9-7-13/h6-9,12,15H,10-11H2,1-5H3,(H,21,24)(H,22,27)/t15-,20-/m1/s1. The summed E-state index contributed by atoms with van der Waals surface area (Å²) in [6.07, 6.45) is 0.377. The Bertz CT molecular complexity index is 792. The highest BCUT2D eigenvalue weighted by atomic mass is 16.5. The lowest BCUT2D eigenvalue weighted by molar-refractivity contribution is -0.145. The quantitative estimate of drug-likeness (QED) is 0.496. The Balaban J connectivity index is 2.12. The summed E-state index contributed by atoms with van der Waals surface area (Å²) in [6, 6.07) is 5.19. The number of nitrogens with zero attached hydrogens (tertiary/aromatic N) is 1. The summed E-state index contributed by atoms with van der Waals surface area (Å²) in [5, 5.41) is 5.18. The molecule has 1 aliphatic rings. The molecule has 4 amide bonds. The lowest BCUT2D eigenvalue weighted by Crippen LogP contribution is -2.48. The molecule has 0 unspecified atom stereocenters. The van der Waals surface area contributed by atoms with Gasteiger partial charge in [0.2, 0.25) is 5.91 Å². The van der Waals surface area contributed by atoms with Crippen LogP contribution in [-0.4, -0.2) is 55.5 Å². The van der Waals surface area contributed by atoms with Crippen LogP contribution >= 0.6 is 0 Å². The maximum atomic E-state index is 12.9. The maximum Gasteiger partial charge on any atom is 0.328 e. The third kappa shape index (κ3) is 4.85. The predicted molar refractivity (Wildman–Crippen MR) is 104 cm³/mol. The van der Waals surface area contributed by atoms with Crippen molar-refractivity contribution in [3.05, 3.63) is 29.8 Å². The first-order valence-electron chi connectivity index (χ1n) is 9.28. The van der Waals surface area contributed by atoms with Crippen LogP contribution in [0.3, 0.4) is 0 Å². The molecule has 1 aromatic carbocycles. The Labute approximate surface area is 169 Å². The summed E-state index contributed by atoms with van der Waals surface area (Å²) in [5.74, 6) is -1.00. The highest BCUT2D eigenvalue weighted by Crippen LogP contribution is 2.29. The summed E-state index contributed by atoms with van der Waals surface area (Å²) in [6.45, 7) is 4.88. The van der Waals surface area contributed by atoms with Gasteiger partial charge in [-0.3, -0.25) is 14.5 Å². The SMILES string of the molecule is COC(=O)[C@@H](CC(C)C)NC(=O)CN1C(=O)N[C@](C)(c2ccc(OC)cc2)C1=O. The molecule has 0 aromatic heterocycles. The van der Waals surface area contributed by atoms with Gasteiger partial charge in [-0.25, -0.2) is 9.59 Å². The van der Waals surface area contributed by atoms with Gasteiger partial charge >= 0.3 is 12.0 Å². The van der Waals surface area contributed by atoms with Crippen LogP contribution in [-0.2, 0) is 24.7 Å². The van der Waals surface area contributed by atoms with Crippen molar-refractivity contribution in [1.82, 2.24) is 15.5 Å². The molecule has 0 bridgehead atoms. The number of nitrogens with one attached hydrogen (secondary N) is 2. The zero-order chi connectivity index (χ0) is 21.8. The summed E-state index contributed by atoms with van der Waals surface area (Å²) >= 11 is 0. The third-order valence-electron chi connectivity index (χ3n) is 4.77. The molecule has 1 heterocycles. The molecular formula is C20H27N3O6. The first-order chi connectivity index (χ1) is 13.6. The number of rotatable bonds is 8. The van der Waals surface area contributed by atoms with Crippen molar-refractivity contribution in [1.29, 1.82) is 0 Å². The van der Waals surface area contributed by atoms with Crippen molar-refractivity contribution < 1.29 is 28.7 Å². The average molecular weight is 405 g/mol. The van der Waals surface area contributed by atoms with Crippen molar-refractivity contribution in [2.45, 2.75) is 38.8 Å². The van der Waals surface area contributed by atoms with E-state index >= 15 is 0 Å². The molecule has 0 saturated carbocycles. The number of benzene rings is 1. The Kier molecular flexibility index (Phi) is 6.84. The van der Waals surface area contributed by atoms with E-state index in [-0.39, 0.29) is 5.92 Å². The highest BCUT2D eigenvalue weighted by Gasteiger charge is 2.49. The van der Waals surface area contributed by atoms with E-state index in [2.05, 4.69) is 10.6 Å². The van der Waals surface area contributed by atoms with Gasteiger partial charge < -0.3 is 20.1 Å². The second-order valence-electron chi connectivity index (χ2n) is 7.45. The van der Waals surface area contributed by atoms with E-state index in [0.29, 0.717) is 17.7 Å². The third-order valence-corrected chi connectivity index (χ3v) is 4.77. The molecule has 0 spiro atoms. The van der Waals surface area contributed by atoms with Crippen LogP contribution in [0.25, 0.3) is 0 Å². The van der Waals surface area contributed by atoms with Gasteiger partial charge in [-0.2, -0.15) is 0 Å². The zero-order valence-electron chi connectivity index (χ0n) is 17.3. The monoisotopic (exact) mass is 405 g/mol. The number of methoxy groups -OCH3 is 2. The normalized spacial score (nSPS) is 19.7. The van der Waals surface area contributed by atoms with Gasteiger partial charge in [0.1, 0.15) is 23.9 Å². The van der Waals surface area contributed by atoms with E-state index in [1.54, 1.807) is 31.2 Å².